The van der Waals surface area contributed by atoms with Crippen LogP contribution >= 0.6 is 0 Å². The van der Waals surface area contributed by atoms with E-state index in [2.05, 4.69) is 26.9 Å². The Labute approximate surface area is 131 Å². The van der Waals surface area contributed by atoms with E-state index in [-0.39, 0.29) is 5.96 Å². The standard InChI is InChI=1S/C15H22N4O2S/c1-3-16-15-17-13-5-4-12(10-14(13)22(20,21)18-15)19-8-6-11(2)7-9-19/h4-5,10-11H,3,6-9H2,1-2H3,(H2,16,17,18). The van der Waals surface area contributed by atoms with Crippen molar-refractivity contribution in [2.24, 2.45) is 10.9 Å². The quantitative estimate of drug-likeness (QED) is 0.873. The summed E-state index contributed by atoms with van der Waals surface area (Å²) in [6, 6.07) is 5.56. The minimum atomic E-state index is -3.56. The number of nitrogens with zero attached hydrogens (tertiary/aromatic N) is 2. The van der Waals surface area contributed by atoms with Crippen molar-refractivity contribution in [1.29, 1.82) is 0 Å². The van der Waals surface area contributed by atoms with Gasteiger partial charge in [-0.25, -0.2) is 13.1 Å². The lowest BCUT2D eigenvalue weighted by atomic mass is 9.99. The first-order valence-electron chi connectivity index (χ1n) is 7.73. The minimum absolute atomic E-state index is 0.287. The summed E-state index contributed by atoms with van der Waals surface area (Å²) in [6.07, 6.45) is 2.29. The second-order valence-electron chi connectivity index (χ2n) is 5.90. The van der Waals surface area contributed by atoms with Crippen LogP contribution in [0.25, 0.3) is 0 Å². The predicted octanol–water partition coefficient (Wildman–Crippen LogP) is 2.00. The molecule has 0 amide bonds. The number of nitrogens with one attached hydrogen (secondary N) is 2. The van der Waals surface area contributed by atoms with Gasteiger partial charge in [0.15, 0.2) is 0 Å². The summed E-state index contributed by atoms with van der Waals surface area (Å²) in [6.45, 7) is 6.59. The highest BCUT2D eigenvalue weighted by molar-refractivity contribution is 7.90. The Morgan fingerprint density at radius 2 is 2.05 bits per heavy atom. The van der Waals surface area contributed by atoms with Crippen LogP contribution in [0.1, 0.15) is 26.7 Å². The van der Waals surface area contributed by atoms with Crippen LogP contribution in [0.3, 0.4) is 0 Å². The first kappa shape index (κ1) is 15.1. The molecule has 0 radical (unpaired) electrons. The summed E-state index contributed by atoms with van der Waals surface area (Å²) < 4.78 is 27.3. The summed E-state index contributed by atoms with van der Waals surface area (Å²) in [5.41, 5.74) is 1.55. The molecule has 0 unspecified atom stereocenters. The normalized spacial score (nSPS) is 22.8. The number of piperidine rings is 1. The molecule has 22 heavy (non-hydrogen) atoms. The van der Waals surface area contributed by atoms with Crippen LogP contribution in [-0.4, -0.2) is 34.0 Å². The average molecular weight is 322 g/mol. The second-order valence-corrected chi connectivity index (χ2v) is 7.55. The van der Waals surface area contributed by atoms with Crippen LogP contribution in [-0.2, 0) is 10.0 Å². The molecule has 2 aliphatic rings. The zero-order valence-corrected chi connectivity index (χ0v) is 13.8. The third-order valence-corrected chi connectivity index (χ3v) is 5.58. The van der Waals surface area contributed by atoms with E-state index in [0.29, 0.717) is 17.1 Å². The molecule has 3 rings (SSSR count). The number of sulfonamides is 1. The van der Waals surface area contributed by atoms with E-state index in [1.165, 1.54) is 0 Å². The fourth-order valence-electron chi connectivity index (χ4n) is 2.87. The van der Waals surface area contributed by atoms with Crippen LogP contribution in [0.15, 0.2) is 28.1 Å². The summed E-state index contributed by atoms with van der Waals surface area (Å²) >= 11 is 0. The molecule has 2 N–H and O–H groups in total. The molecule has 0 bridgehead atoms. The van der Waals surface area contributed by atoms with Gasteiger partial charge in [0, 0.05) is 25.3 Å². The zero-order valence-electron chi connectivity index (χ0n) is 13.0. The van der Waals surface area contributed by atoms with Crippen molar-refractivity contribution in [2.75, 3.05) is 29.9 Å². The lowest BCUT2D eigenvalue weighted by Gasteiger charge is -2.33. The maximum absolute atomic E-state index is 12.4. The molecule has 0 saturated carbocycles. The Bertz CT molecular complexity index is 691. The number of hydrogen-bond acceptors (Lipinski definition) is 4. The first-order valence-corrected chi connectivity index (χ1v) is 9.21. The molecule has 0 atom stereocenters. The van der Waals surface area contributed by atoms with E-state index >= 15 is 0 Å². The molecule has 1 saturated heterocycles. The molecular weight excluding hydrogens is 300 g/mol. The van der Waals surface area contributed by atoms with Gasteiger partial charge in [-0.15, -0.1) is 0 Å². The smallest absolute Gasteiger partial charge is 0.266 e. The van der Waals surface area contributed by atoms with Crippen LogP contribution in [0.5, 0.6) is 0 Å². The van der Waals surface area contributed by atoms with Crippen molar-refractivity contribution in [3.8, 4) is 0 Å². The van der Waals surface area contributed by atoms with E-state index in [1.54, 1.807) is 6.07 Å². The Kier molecular flexibility index (Phi) is 3.99. The van der Waals surface area contributed by atoms with Gasteiger partial charge in [0.1, 0.15) is 4.90 Å². The summed E-state index contributed by atoms with van der Waals surface area (Å²) in [5.74, 6) is 1.03. The Morgan fingerprint density at radius 3 is 2.73 bits per heavy atom. The molecule has 120 valence electrons. The fourth-order valence-corrected chi connectivity index (χ4v) is 4.03. The van der Waals surface area contributed by atoms with Gasteiger partial charge in [0.25, 0.3) is 10.0 Å². The third-order valence-electron chi connectivity index (χ3n) is 4.20. The van der Waals surface area contributed by atoms with Gasteiger partial charge in [-0.1, -0.05) is 6.92 Å². The number of fused-ring (bicyclic) bond motifs is 1. The minimum Gasteiger partial charge on any atom is -0.371 e. The molecule has 2 aliphatic heterocycles. The number of rotatable bonds is 2. The summed E-state index contributed by atoms with van der Waals surface area (Å²) in [5, 5.41) is 3.03. The summed E-state index contributed by atoms with van der Waals surface area (Å²) in [7, 11) is -3.56. The predicted molar refractivity (Wildman–Crippen MR) is 89.0 cm³/mol. The largest absolute Gasteiger partial charge is 0.371 e. The number of aliphatic imine (C=N–C) groups is 1. The molecule has 1 aromatic carbocycles. The second kappa shape index (κ2) is 5.79. The lowest BCUT2D eigenvalue weighted by Crippen LogP contribution is -2.41. The monoisotopic (exact) mass is 322 g/mol. The zero-order chi connectivity index (χ0) is 15.7. The van der Waals surface area contributed by atoms with E-state index in [0.717, 1.165) is 37.5 Å². The highest BCUT2D eigenvalue weighted by Crippen LogP contribution is 2.31. The van der Waals surface area contributed by atoms with Gasteiger partial charge in [-0.05, 0) is 43.9 Å². The molecule has 2 heterocycles. The van der Waals surface area contributed by atoms with Gasteiger partial charge in [0.2, 0.25) is 5.96 Å². The maximum Gasteiger partial charge on any atom is 0.266 e. The van der Waals surface area contributed by atoms with Crippen LogP contribution in [0, 0.1) is 5.92 Å². The van der Waals surface area contributed by atoms with E-state index < -0.39 is 10.0 Å². The molecule has 1 fully saturated rings. The molecule has 7 heteroatoms. The number of hydrogen-bond donors (Lipinski definition) is 2. The Morgan fingerprint density at radius 1 is 1.32 bits per heavy atom. The van der Waals surface area contributed by atoms with Gasteiger partial charge < -0.3 is 10.2 Å². The average Bonchev–Trinajstić information content (AvgIpc) is 2.47. The molecule has 6 nitrogen and oxygen atoms in total. The van der Waals surface area contributed by atoms with Crippen molar-refractivity contribution in [3.05, 3.63) is 18.2 Å². The van der Waals surface area contributed by atoms with Crippen molar-refractivity contribution in [3.63, 3.8) is 0 Å². The number of benzene rings is 1. The number of anilines is 2. The topological polar surface area (TPSA) is 73.8 Å². The van der Waals surface area contributed by atoms with Crippen molar-refractivity contribution >= 4 is 27.4 Å². The first-order chi connectivity index (χ1) is 10.5. The van der Waals surface area contributed by atoms with Crippen molar-refractivity contribution in [1.82, 2.24) is 4.72 Å². The SMILES string of the molecule is CCN=C1Nc2ccc(N3CCC(C)CC3)cc2S(=O)(=O)N1. The van der Waals surface area contributed by atoms with E-state index in [1.807, 2.05) is 19.1 Å². The highest BCUT2D eigenvalue weighted by atomic mass is 32.2. The van der Waals surface area contributed by atoms with Crippen molar-refractivity contribution in [2.45, 2.75) is 31.6 Å². The highest BCUT2D eigenvalue weighted by Gasteiger charge is 2.27. The van der Waals surface area contributed by atoms with Crippen LogP contribution in [0.2, 0.25) is 0 Å². The van der Waals surface area contributed by atoms with Crippen LogP contribution in [0.4, 0.5) is 11.4 Å². The van der Waals surface area contributed by atoms with Crippen LogP contribution < -0.4 is 14.9 Å². The van der Waals surface area contributed by atoms with Gasteiger partial charge >= 0.3 is 0 Å². The van der Waals surface area contributed by atoms with Gasteiger partial charge in [-0.3, -0.25) is 4.99 Å². The Balaban J connectivity index is 1.92. The molecule has 0 spiro atoms. The Hall–Kier alpha value is -1.76. The van der Waals surface area contributed by atoms with E-state index in [4.69, 9.17) is 0 Å². The third kappa shape index (κ3) is 2.90. The molecule has 0 aliphatic carbocycles. The maximum atomic E-state index is 12.4. The summed E-state index contributed by atoms with van der Waals surface area (Å²) in [4.78, 5) is 6.65. The van der Waals surface area contributed by atoms with Crippen molar-refractivity contribution < 1.29 is 8.42 Å². The fraction of sp³-hybridized carbons (Fsp3) is 0.533. The molecular formula is C15H22N4O2S. The molecule has 1 aromatic rings. The van der Waals surface area contributed by atoms with E-state index in [9.17, 15) is 8.42 Å². The number of guanidine groups is 1. The van der Waals surface area contributed by atoms with Gasteiger partial charge in [0.05, 0.1) is 5.69 Å². The lowest BCUT2D eigenvalue weighted by molar-refractivity contribution is 0.438. The van der Waals surface area contributed by atoms with Gasteiger partial charge in [-0.2, -0.15) is 0 Å². The molecule has 0 aromatic heterocycles.